The van der Waals surface area contributed by atoms with E-state index in [4.69, 9.17) is 14.3 Å². The molecule has 0 bridgehead atoms. The van der Waals surface area contributed by atoms with Crippen LogP contribution in [0.3, 0.4) is 0 Å². The molecule has 1 saturated heterocycles. The van der Waals surface area contributed by atoms with Gasteiger partial charge in [-0.15, -0.1) is 10.2 Å². The van der Waals surface area contributed by atoms with Crippen LogP contribution in [0.5, 0.6) is 0 Å². The van der Waals surface area contributed by atoms with E-state index >= 15 is 0 Å². The van der Waals surface area contributed by atoms with Gasteiger partial charge in [-0.1, -0.05) is 6.92 Å². The molecule has 6 nitrogen and oxygen atoms in total. The first-order valence-electron chi connectivity index (χ1n) is 5.03. The van der Waals surface area contributed by atoms with Crippen LogP contribution in [-0.4, -0.2) is 27.9 Å². The normalized spacial score (nSPS) is 25.3. The Morgan fingerprint density at radius 3 is 3.00 bits per heavy atom. The molecule has 0 aromatic carbocycles. The zero-order valence-corrected chi connectivity index (χ0v) is 8.79. The fourth-order valence-electron chi connectivity index (χ4n) is 1.58. The predicted molar refractivity (Wildman–Crippen MR) is 53.4 cm³/mol. The van der Waals surface area contributed by atoms with Gasteiger partial charge in [0, 0.05) is 18.8 Å². The minimum absolute atomic E-state index is 0.167. The van der Waals surface area contributed by atoms with Gasteiger partial charge in [0.05, 0.1) is 0 Å². The van der Waals surface area contributed by atoms with E-state index in [1.165, 1.54) is 6.08 Å². The highest BCUT2D eigenvalue weighted by Gasteiger charge is 2.30. The van der Waals surface area contributed by atoms with Gasteiger partial charge >= 0.3 is 5.97 Å². The highest BCUT2D eigenvalue weighted by Crippen LogP contribution is 2.33. The van der Waals surface area contributed by atoms with Crippen LogP contribution in [0.25, 0.3) is 6.08 Å². The van der Waals surface area contributed by atoms with Crippen LogP contribution in [0, 0.1) is 5.92 Å². The Hall–Kier alpha value is -1.69. The number of carbonyl (C=O) groups is 1. The Bertz CT molecular complexity index is 413. The van der Waals surface area contributed by atoms with E-state index in [2.05, 4.69) is 17.1 Å². The van der Waals surface area contributed by atoms with Crippen LogP contribution in [-0.2, 0) is 9.53 Å². The molecular weight excluding hydrogens is 212 g/mol. The molecule has 0 spiro atoms. The molecule has 2 atom stereocenters. The van der Waals surface area contributed by atoms with E-state index in [0.717, 1.165) is 12.5 Å². The van der Waals surface area contributed by atoms with Gasteiger partial charge in [0.2, 0.25) is 11.8 Å². The third kappa shape index (κ3) is 2.27. The van der Waals surface area contributed by atoms with Gasteiger partial charge in [-0.25, -0.2) is 4.79 Å². The molecule has 0 radical (unpaired) electrons. The number of rotatable bonds is 3. The van der Waals surface area contributed by atoms with Gasteiger partial charge < -0.3 is 14.3 Å². The van der Waals surface area contributed by atoms with E-state index in [1.807, 2.05) is 0 Å². The summed E-state index contributed by atoms with van der Waals surface area (Å²) in [6.07, 6.45) is 3.02. The van der Waals surface area contributed by atoms with Gasteiger partial charge in [-0.3, -0.25) is 0 Å². The molecule has 0 amide bonds. The molecular formula is C10H12N2O4. The second-order valence-electron chi connectivity index (χ2n) is 3.71. The molecule has 1 aliphatic rings. The topological polar surface area (TPSA) is 85.5 Å². The average molecular weight is 224 g/mol. The summed E-state index contributed by atoms with van der Waals surface area (Å²) in [5, 5.41) is 16.0. The van der Waals surface area contributed by atoms with Crippen molar-refractivity contribution in [1.82, 2.24) is 10.2 Å². The van der Waals surface area contributed by atoms with Gasteiger partial charge in [0.1, 0.15) is 6.10 Å². The number of ether oxygens (including phenoxy) is 1. The first-order valence-corrected chi connectivity index (χ1v) is 5.03. The van der Waals surface area contributed by atoms with Crippen LogP contribution in [0.15, 0.2) is 10.5 Å². The van der Waals surface area contributed by atoms with Crippen LogP contribution in [0.2, 0.25) is 0 Å². The minimum atomic E-state index is -1.05. The zero-order chi connectivity index (χ0) is 11.5. The van der Waals surface area contributed by atoms with E-state index in [0.29, 0.717) is 18.4 Å². The molecule has 2 rings (SSSR count). The Morgan fingerprint density at radius 2 is 2.38 bits per heavy atom. The van der Waals surface area contributed by atoms with Crippen molar-refractivity contribution in [3.05, 3.63) is 17.9 Å². The van der Waals surface area contributed by atoms with Crippen molar-refractivity contribution in [3.63, 3.8) is 0 Å². The van der Waals surface area contributed by atoms with Crippen molar-refractivity contribution in [2.45, 2.75) is 19.4 Å². The summed E-state index contributed by atoms with van der Waals surface area (Å²) in [4.78, 5) is 10.3. The van der Waals surface area contributed by atoms with Gasteiger partial charge in [-0.2, -0.15) is 0 Å². The Labute approximate surface area is 91.9 Å². The second kappa shape index (κ2) is 4.44. The molecule has 1 N–H and O–H groups in total. The van der Waals surface area contributed by atoms with Crippen molar-refractivity contribution in [2.75, 3.05) is 6.61 Å². The van der Waals surface area contributed by atoms with E-state index in [9.17, 15) is 4.79 Å². The van der Waals surface area contributed by atoms with Crippen LogP contribution in [0.1, 0.15) is 31.2 Å². The minimum Gasteiger partial charge on any atom is -0.478 e. The fraction of sp³-hybridized carbons (Fsp3) is 0.500. The summed E-state index contributed by atoms with van der Waals surface area (Å²) in [5.41, 5.74) is 0. The van der Waals surface area contributed by atoms with Crippen LogP contribution >= 0.6 is 0 Å². The average Bonchev–Trinajstić information content (AvgIpc) is 2.83. The molecule has 1 aromatic heterocycles. The number of hydrogen-bond acceptors (Lipinski definition) is 5. The molecule has 86 valence electrons. The standard InChI is InChI=1S/C10H12N2O4/c1-6-4-5-15-9(6)10-12-11-7(16-10)2-3-8(13)14/h2-3,6,9H,4-5H2,1H3,(H,13,14)/b3-2+. The lowest BCUT2D eigenvalue weighted by molar-refractivity contribution is -0.131. The number of aliphatic carboxylic acids is 1. The molecule has 2 unspecified atom stereocenters. The van der Waals surface area contributed by atoms with Crippen molar-refractivity contribution >= 4 is 12.0 Å². The summed E-state index contributed by atoms with van der Waals surface area (Å²) < 4.78 is 10.7. The highest BCUT2D eigenvalue weighted by molar-refractivity contribution is 5.84. The van der Waals surface area contributed by atoms with Gasteiger partial charge in [-0.05, 0) is 12.3 Å². The molecule has 6 heteroatoms. The van der Waals surface area contributed by atoms with Crippen molar-refractivity contribution in [3.8, 4) is 0 Å². The van der Waals surface area contributed by atoms with E-state index in [-0.39, 0.29) is 12.0 Å². The quantitative estimate of drug-likeness (QED) is 0.778. The Kier molecular flexibility index (Phi) is 3.00. The summed E-state index contributed by atoms with van der Waals surface area (Å²) in [6.45, 7) is 2.74. The van der Waals surface area contributed by atoms with Crippen LogP contribution in [0.4, 0.5) is 0 Å². The number of carboxylic acid groups (broad SMARTS) is 1. The molecule has 1 aromatic rings. The molecule has 1 fully saturated rings. The largest absolute Gasteiger partial charge is 0.478 e. The lowest BCUT2D eigenvalue weighted by Crippen LogP contribution is -2.03. The highest BCUT2D eigenvalue weighted by atomic mass is 16.5. The maximum absolute atomic E-state index is 10.3. The number of carboxylic acids is 1. The van der Waals surface area contributed by atoms with Crippen molar-refractivity contribution in [1.29, 1.82) is 0 Å². The molecule has 0 saturated carbocycles. The summed E-state index contributed by atoms with van der Waals surface area (Å²) in [6, 6.07) is 0. The van der Waals surface area contributed by atoms with E-state index < -0.39 is 5.97 Å². The van der Waals surface area contributed by atoms with Crippen LogP contribution < -0.4 is 0 Å². The predicted octanol–water partition coefficient (Wildman–Crippen LogP) is 1.26. The SMILES string of the molecule is CC1CCOC1c1nnc(/C=C/C(=O)O)o1. The molecule has 2 heterocycles. The molecule has 0 aliphatic carbocycles. The summed E-state index contributed by atoms with van der Waals surface area (Å²) >= 11 is 0. The first kappa shape index (κ1) is 10.8. The molecule has 1 aliphatic heterocycles. The maximum Gasteiger partial charge on any atom is 0.328 e. The van der Waals surface area contributed by atoms with Gasteiger partial charge in [0.15, 0.2) is 0 Å². The number of aromatic nitrogens is 2. The first-order chi connectivity index (χ1) is 7.66. The van der Waals surface area contributed by atoms with Crippen molar-refractivity contribution < 1.29 is 19.1 Å². The maximum atomic E-state index is 10.3. The Balaban J connectivity index is 2.10. The third-order valence-corrected chi connectivity index (χ3v) is 2.46. The lowest BCUT2D eigenvalue weighted by atomic mass is 10.0. The van der Waals surface area contributed by atoms with Gasteiger partial charge in [0.25, 0.3) is 0 Å². The molecule has 16 heavy (non-hydrogen) atoms. The fourth-order valence-corrected chi connectivity index (χ4v) is 1.58. The third-order valence-electron chi connectivity index (χ3n) is 2.46. The number of nitrogens with zero attached hydrogens (tertiary/aromatic N) is 2. The monoisotopic (exact) mass is 224 g/mol. The zero-order valence-electron chi connectivity index (χ0n) is 8.79. The van der Waals surface area contributed by atoms with Crippen molar-refractivity contribution in [2.24, 2.45) is 5.92 Å². The lowest BCUT2D eigenvalue weighted by Gasteiger charge is -2.08. The number of hydrogen-bond donors (Lipinski definition) is 1. The Morgan fingerprint density at radius 1 is 1.56 bits per heavy atom. The smallest absolute Gasteiger partial charge is 0.328 e. The summed E-state index contributed by atoms with van der Waals surface area (Å²) in [7, 11) is 0. The second-order valence-corrected chi connectivity index (χ2v) is 3.71. The van der Waals surface area contributed by atoms with E-state index in [1.54, 1.807) is 0 Å². The summed E-state index contributed by atoms with van der Waals surface area (Å²) in [5.74, 6) is -0.114.